The minimum atomic E-state index is -3.95. The molecule has 0 radical (unpaired) electrons. The maximum atomic E-state index is 15.2. The Balaban J connectivity index is 2.06. The molecule has 0 aliphatic heterocycles. The summed E-state index contributed by atoms with van der Waals surface area (Å²) < 4.78 is 57.1. The molecule has 176 valence electrons. The molecule has 0 fully saturated rings. The highest BCUT2D eigenvalue weighted by Gasteiger charge is 2.44. The number of aryl methyl sites for hydroxylation is 1. The summed E-state index contributed by atoms with van der Waals surface area (Å²) in [6.45, 7) is 9.14. The number of hydrogen-bond acceptors (Lipinski definition) is 6. The summed E-state index contributed by atoms with van der Waals surface area (Å²) in [5, 5.41) is 3.58. The van der Waals surface area contributed by atoms with Crippen LogP contribution in [-0.4, -0.2) is 34.1 Å². The molecule has 0 spiro atoms. The van der Waals surface area contributed by atoms with Crippen molar-refractivity contribution in [2.75, 3.05) is 18.6 Å². The van der Waals surface area contributed by atoms with Gasteiger partial charge in [0.1, 0.15) is 30.0 Å². The maximum absolute atomic E-state index is 15.2. The molecule has 1 N–H and O–H groups in total. The van der Waals surface area contributed by atoms with Gasteiger partial charge in [-0.2, -0.15) is 8.78 Å². The van der Waals surface area contributed by atoms with Gasteiger partial charge in [-0.25, -0.2) is 14.4 Å². The van der Waals surface area contributed by atoms with Gasteiger partial charge in [0.05, 0.1) is 23.3 Å². The number of carbonyl (C=O) groups excluding carboxylic acids is 1. The fourth-order valence-electron chi connectivity index (χ4n) is 3.45. The number of alkyl halides is 2. The van der Waals surface area contributed by atoms with Gasteiger partial charge in [-0.1, -0.05) is 26.0 Å². The molecule has 3 aromatic rings. The van der Waals surface area contributed by atoms with E-state index in [0.717, 1.165) is 6.07 Å². The summed E-state index contributed by atoms with van der Waals surface area (Å²) in [4.78, 5) is 24.9. The number of fused-ring (bicyclic) bond motifs is 1. The molecule has 1 aromatic carbocycles. The van der Waals surface area contributed by atoms with Crippen LogP contribution in [0.1, 0.15) is 43.8 Å². The van der Waals surface area contributed by atoms with Crippen LogP contribution in [0, 0.1) is 18.7 Å². The second-order valence-electron chi connectivity index (χ2n) is 8.70. The second kappa shape index (κ2) is 8.86. The van der Waals surface area contributed by atoms with Gasteiger partial charge >= 0.3 is 5.92 Å². The third-order valence-corrected chi connectivity index (χ3v) is 6.60. The van der Waals surface area contributed by atoms with Gasteiger partial charge in [-0.3, -0.25) is 9.78 Å². The SMILES string of the molecule is Cc1nc(N[C@H](C)c2cccc(C(F)(F)C(=O)C(C)C)c2F)c2cc(P(C)(C)=O)ncc2n1. The first-order valence-electron chi connectivity index (χ1n) is 10.4. The summed E-state index contributed by atoms with van der Waals surface area (Å²) in [6, 6.07) is 4.44. The third kappa shape index (κ3) is 4.93. The van der Waals surface area contributed by atoms with Crippen molar-refractivity contribution in [1.29, 1.82) is 0 Å². The molecule has 33 heavy (non-hydrogen) atoms. The monoisotopic (exact) mass is 478 g/mol. The van der Waals surface area contributed by atoms with E-state index in [0.29, 0.717) is 28.0 Å². The van der Waals surface area contributed by atoms with Crippen molar-refractivity contribution in [3.05, 3.63) is 53.2 Å². The number of benzene rings is 1. The fourth-order valence-corrected chi connectivity index (χ4v) is 4.22. The Bertz CT molecular complexity index is 1270. The zero-order valence-corrected chi connectivity index (χ0v) is 20.2. The van der Waals surface area contributed by atoms with Crippen molar-refractivity contribution in [3.8, 4) is 0 Å². The first-order valence-corrected chi connectivity index (χ1v) is 13.0. The third-order valence-electron chi connectivity index (χ3n) is 5.25. The standard InChI is InChI=1S/C23H26F3N4O2P/c1-12(2)21(31)23(25,26)17-9-7-8-15(20(17)24)13(3)28-22-16-10-19(33(5,6)32)27-11-18(16)29-14(4)30-22/h7-13H,1-6H3,(H,28,29,30)/t13-/m1/s1. The summed E-state index contributed by atoms with van der Waals surface area (Å²) in [5.74, 6) is -6.65. The van der Waals surface area contributed by atoms with Crippen LogP contribution in [-0.2, 0) is 15.3 Å². The van der Waals surface area contributed by atoms with Gasteiger partial charge in [-0.05, 0) is 39.3 Å². The maximum Gasteiger partial charge on any atom is 0.333 e. The van der Waals surface area contributed by atoms with E-state index in [9.17, 15) is 18.1 Å². The minimum absolute atomic E-state index is 0.0425. The van der Waals surface area contributed by atoms with E-state index >= 15 is 4.39 Å². The van der Waals surface area contributed by atoms with Crippen LogP contribution in [0.3, 0.4) is 0 Å². The van der Waals surface area contributed by atoms with Gasteiger partial charge in [0.2, 0.25) is 5.78 Å². The number of pyridine rings is 1. The van der Waals surface area contributed by atoms with Crippen LogP contribution in [0.4, 0.5) is 19.0 Å². The molecule has 2 aromatic heterocycles. The average Bonchev–Trinajstić information content (AvgIpc) is 2.71. The lowest BCUT2D eigenvalue weighted by molar-refractivity contribution is -0.148. The average molecular weight is 478 g/mol. The molecule has 0 aliphatic carbocycles. The van der Waals surface area contributed by atoms with Crippen LogP contribution in [0.2, 0.25) is 0 Å². The van der Waals surface area contributed by atoms with Gasteiger partial charge in [-0.15, -0.1) is 0 Å². The quantitative estimate of drug-likeness (QED) is 0.470. The molecule has 10 heteroatoms. The predicted molar refractivity (Wildman–Crippen MR) is 123 cm³/mol. The molecule has 2 heterocycles. The topological polar surface area (TPSA) is 84.8 Å². The highest BCUT2D eigenvalue weighted by Crippen LogP contribution is 2.37. The van der Waals surface area contributed by atoms with Gasteiger partial charge in [0, 0.05) is 16.9 Å². The molecule has 0 bridgehead atoms. The van der Waals surface area contributed by atoms with Crippen molar-refractivity contribution in [2.24, 2.45) is 5.92 Å². The van der Waals surface area contributed by atoms with Crippen LogP contribution in [0.15, 0.2) is 30.5 Å². The van der Waals surface area contributed by atoms with Crippen molar-refractivity contribution in [1.82, 2.24) is 15.0 Å². The van der Waals surface area contributed by atoms with Crippen LogP contribution < -0.4 is 10.8 Å². The zero-order chi connectivity index (χ0) is 24.7. The number of carbonyl (C=O) groups is 1. The smallest absolute Gasteiger partial charge is 0.333 e. The van der Waals surface area contributed by atoms with E-state index < -0.39 is 42.2 Å². The minimum Gasteiger partial charge on any atom is -0.363 e. The zero-order valence-electron chi connectivity index (χ0n) is 19.3. The number of aromatic nitrogens is 3. The Labute approximate surface area is 190 Å². The number of anilines is 1. The number of nitrogens with zero attached hydrogens (tertiary/aromatic N) is 3. The number of nitrogens with one attached hydrogen (secondary N) is 1. The first-order chi connectivity index (χ1) is 15.2. The van der Waals surface area contributed by atoms with Crippen LogP contribution in [0.25, 0.3) is 10.9 Å². The number of halogens is 3. The summed E-state index contributed by atoms with van der Waals surface area (Å²) in [6.07, 6.45) is 1.49. The van der Waals surface area contributed by atoms with Crippen LogP contribution in [0.5, 0.6) is 0 Å². The van der Waals surface area contributed by atoms with E-state index in [4.69, 9.17) is 0 Å². The molecule has 0 unspecified atom stereocenters. The number of hydrogen-bond donors (Lipinski definition) is 1. The number of rotatable bonds is 7. The van der Waals surface area contributed by atoms with Crippen molar-refractivity contribution in [2.45, 2.75) is 39.7 Å². The molecule has 0 aliphatic rings. The molecule has 0 saturated carbocycles. The van der Waals surface area contributed by atoms with E-state index in [1.54, 1.807) is 33.2 Å². The Kier molecular flexibility index (Phi) is 6.67. The van der Waals surface area contributed by atoms with E-state index in [1.165, 1.54) is 32.2 Å². The first kappa shape index (κ1) is 24.8. The van der Waals surface area contributed by atoms with Gasteiger partial charge in [0.25, 0.3) is 0 Å². The molecule has 0 amide bonds. The fraction of sp³-hybridized carbons (Fsp3) is 0.391. The van der Waals surface area contributed by atoms with Crippen molar-refractivity contribution in [3.63, 3.8) is 0 Å². The molecule has 0 saturated heterocycles. The van der Waals surface area contributed by atoms with Gasteiger partial charge < -0.3 is 9.88 Å². The molecule has 1 atom stereocenters. The lowest BCUT2D eigenvalue weighted by atomic mass is 9.93. The predicted octanol–water partition coefficient (Wildman–Crippen LogP) is 5.21. The lowest BCUT2D eigenvalue weighted by Gasteiger charge is -2.22. The van der Waals surface area contributed by atoms with Crippen molar-refractivity contribution >= 4 is 35.1 Å². The lowest BCUT2D eigenvalue weighted by Crippen LogP contribution is -2.31. The molecule has 3 rings (SSSR count). The highest BCUT2D eigenvalue weighted by molar-refractivity contribution is 7.69. The Morgan fingerprint density at radius 2 is 1.82 bits per heavy atom. The molecular formula is C23H26F3N4O2P. The number of ketones is 1. The molecule has 6 nitrogen and oxygen atoms in total. The largest absolute Gasteiger partial charge is 0.363 e. The van der Waals surface area contributed by atoms with E-state index in [-0.39, 0.29) is 5.56 Å². The van der Waals surface area contributed by atoms with Gasteiger partial charge in [0.15, 0.2) is 0 Å². The molecular weight excluding hydrogens is 452 g/mol. The van der Waals surface area contributed by atoms with Crippen molar-refractivity contribution < 1.29 is 22.5 Å². The van der Waals surface area contributed by atoms with E-state index in [1.807, 2.05) is 0 Å². The van der Waals surface area contributed by atoms with E-state index in [2.05, 4.69) is 20.3 Å². The number of Topliss-reactive ketones (excluding diaryl/α,β-unsaturated/α-hetero) is 1. The Hall–Kier alpha value is -2.80. The summed E-state index contributed by atoms with van der Waals surface area (Å²) >= 11 is 0. The second-order valence-corrected chi connectivity index (χ2v) is 11.9. The summed E-state index contributed by atoms with van der Waals surface area (Å²) in [5.41, 5.74) is -0.115. The Morgan fingerprint density at radius 3 is 2.42 bits per heavy atom. The normalized spacial score (nSPS) is 13.4. The van der Waals surface area contributed by atoms with Crippen LogP contribution >= 0.6 is 7.14 Å². The Morgan fingerprint density at radius 1 is 1.15 bits per heavy atom. The summed E-state index contributed by atoms with van der Waals surface area (Å²) in [7, 11) is -2.67. The highest BCUT2D eigenvalue weighted by atomic mass is 31.2.